The van der Waals surface area contributed by atoms with Crippen LogP contribution in [-0.2, 0) is 4.79 Å². The van der Waals surface area contributed by atoms with Crippen LogP contribution >= 0.6 is 11.6 Å². The third-order valence-electron chi connectivity index (χ3n) is 3.93. The molecule has 2 rings (SSSR count). The summed E-state index contributed by atoms with van der Waals surface area (Å²) in [6.07, 6.45) is 0. The molecule has 3 nitrogen and oxygen atoms in total. The topological polar surface area (TPSA) is 45.7 Å². The van der Waals surface area contributed by atoms with Gasteiger partial charge in [-0.3, -0.25) is 4.79 Å². The largest absolute Gasteiger partial charge is 0.332 e. The summed E-state index contributed by atoms with van der Waals surface area (Å²) >= 11 is 5.99. The Morgan fingerprint density at radius 3 is 2.52 bits per heavy atom. The highest BCUT2D eigenvalue weighted by Crippen LogP contribution is 2.20. The Bertz CT molecular complexity index is 656. The summed E-state index contributed by atoms with van der Waals surface area (Å²) in [6, 6.07) is 16.1. The van der Waals surface area contributed by atoms with E-state index in [9.17, 15) is 4.79 Å². The Morgan fingerprint density at radius 1 is 1.17 bits per heavy atom. The smallest absolute Gasteiger partial charge is 0.279 e. The van der Waals surface area contributed by atoms with E-state index in [0.717, 1.165) is 11.3 Å². The lowest BCUT2D eigenvalue weighted by Gasteiger charge is -2.19. The number of carbonyl (C=O) groups excluding carboxylic acids is 1. The molecule has 0 fully saturated rings. The van der Waals surface area contributed by atoms with Crippen molar-refractivity contribution >= 4 is 23.2 Å². The van der Waals surface area contributed by atoms with E-state index >= 15 is 0 Å². The molecule has 0 unspecified atom stereocenters. The predicted molar refractivity (Wildman–Crippen MR) is 95.6 cm³/mol. The van der Waals surface area contributed by atoms with Gasteiger partial charge < -0.3 is 10.6 Å². The van der Waals surface area contributed by atoms with E-state index in [1.807, 2.05) is 37.3 Å². The number of nitrogens with two attached hydrogens (primary N) is 1. The lowest BCUT2D eigenvalue weighted by Crippen LogP contribution is -2.88. The van der Waals surface area contributed by atoms with E-state index in [-0.39, 0.29) is 11.9 Å². The van der Waals surface area contributed by atoms with E-state index in [2.05, 4.69) is 36.6 Å². The van der Waals surface area contributed by atoms with Crippen LogP contribution in [0.15, 0.2) is 48.5 Å². The number of anilines is 1. The predicted octanol–water partition coefficient (Wildman–Crippen LogP) is 3.55. The standard InChI is InChI=1S/C19H23ClN2O/c1-13(2)19(15-7-5-4-6-8-15)21-12-18(23)22-17-11-16(20)10-9-14(17)3/h4-11,13,19,21H,12H2,1-3H3,(H,22,23)/p+1/t19-/m1/s1. The number of amides is 1. The zero-order valence-electron chi connectivity index (χ0n) is 13.8. The second-order valence-electron chi connectivity index (χ2n) is 6.13. The van der Waals surface area contributed by atoms with Gasteiger partial charge in [0.05, 0.1) is 0 Å². The molecule has 1 atom stereocenters. The summed E-state index contributed by atoms with van der Waals surface area (Å²) in [4.78, 5) is 12.2. The van der Waals surface area contributed by atoms with Crippen LogP contribution in [0.5, 0.6) is 0 Å². The Hall–Kier alpha value is -1.84. The third kappa shape index (κ3) is 5.08. The number of hydrogen-bond acceptors (Lipinski definition) is 1. The molecule has 0 radical (unpaired) electrons. The number of hydrogen-bond donors (Lipinski definition) is 2. The highest BCUT2D eigenvalue weighted by atomic mass is 35.5. The minimum atomic E-state index is -0.0167. The summed E-state index contributed by atoms with van der Waals surface area (Å²) in [6.45, 7) is 6.68. The highest BCUT2D eigenvalue weighted by Gasteiger charge is 2.20. The van der Waals surface area contributed by atoms with E-state index in [1.54, 1.807) is 6.07 Å². The molecule has 0 heterocycles. The van der Waals surface area contributed by atoms with Crippen LogP contribution in [0.1, 0.15) is 31.0 Å². The zero-order chi connectivity index (χ0) is 16.8. The summed E-state index contributed by atoms with van der Waals surface area (Å²) in [5, 5.41) is 5.66. The first kappa shape index (κ1) is 17.5. The van der Waals surface area contributed by atoms with Gasteiger partial charge in [0.25, 0.3) is 5.91 Å². The van der Waals surface area contributed by atoms with Crippen LogP contribution in [0, 0.1) is 12.8 Å². The van der Waals surface area contributed by atoms with Crippen molar-refractivity contribution in [2.45, 2.75) is 26.8 Å². The molecule has 0 bridgehead atoms. The number of carbonyl (C=O) groups is 1. The maximum Gasteiger partial charge on any atom is 0.279 e. The van der Waals surface area contributed by atoms with Gasteiger partial charge in [-0.25, -0.2) is 0 Å². The van der Waals surface area contributed by atoms with E-state index < -0.39 is 0 Å². The van der Waals surface area contributed by atoms with Crippen molar-refractivity contribution in [1.82, 2.24) is 0 Å². The van der Waals surface area contributed by atoms with Crippen molar-refractivity contribution in [3.8, 4) is 0 Å². The number of aryl methyl sites for hydroxylation is 1. The average molecular weight is 332 g/mol. The van der Waals surface area contributed by atoms with Gasteiger partial charge in [0, 0.05) is 22.2 Å². The molecule has 1 amide bonds. The molecule has 23 heavy (non-hydrogen) atoms. The molecule has 0 aliphatic carbocycles. The van der Waals surface area contributed by atoms with Crippen molar-refractivity contribution < 1.29 is 10.1 Å². The summed E-state index contributed by atoms with van der Waals surface area (Å²) in [5.74, 6) is 0.426. The number of rotatable bonds is 6. The quantitative estimate of drug-likeness (QED) is 0.835. The number of nitrogens with one attached hydrogen (secondary N) is 1. The monoisotopic (exact) mass is 331 g/mol. The van der Waals surface area contributed by atoms with Gasteiger partial charge in [0.2, 0.25) is 0 Å². The fourth-order valence-corrected chi connectivity index (χ4v) is 2.80. The Morgan fingerprint density at radius 2 is 1.87 bits per heavy atom. The van der Waals surface area contributed by atoms with E-state index in [1.165, 1.54) is 5.56 Å². The minimum absolute atomic E-state index is 0.0167. The van der Waals surface area contributed by atoms with Gasteiger partial charge in [-0.05, 0) is 24.6 Å². The molecule has 122 valence electrons. The van der Waals surface area contributed by atoms with Gasteiger partial charge in [0.1, 0.15) is 6.04 Å². The number of quaternary nitrogens is 1. The molecule has 0 aliphatic rings. The summed E-state index contributed by atoms with van der Waals surface area (Å²) in [7, 11) is 0. The zero-order valence-corrected chi connectivity index (χ0v) is 14.6. The summed E-state index contributed by atoms with van der Waals surface area (Å²) in [5.41, 5.74) is 3.03. The van der Waals surface area contributed by atoms with Crippen molar-refractivity contribution in [2.24, 2.45) is 5.92 Å². The molecule has 0 saturated carbocycles. The van der Waals surface area contributed by atoms with Gasteiger partial charge in [0.15, 0.2) is 6.54 Å². The minimum Gasteiger partial charge on any atom is -0.332 e. The molecular weight excluding hydrogens is 308 g/mol. The normalized spacial score (nSPS) is 12.2. The van der Waals surface area contributed by atoms with Gasteiger partial charge in [-0.1, -0.05) is 61.8 Å². The Balaban J connectivity index is 1.98. The first-order valence-corrected chi connectivity index (χ1v) is 8.29. The Labute approximate surface area is 143 Å². The first-order chi connectivity index (χ1) is 11.0. The van der Waals surface area contributed by atoms with Crippen LogP contribution in [0.4, 0.5) is 5.69 Å². The van der Waals surface area contributed by atoms with Gasteiger partial charge in [-0.2, -0.15) is 0 Å². The molecular formula is C19H24ClN2O+. The third-order valence-corrected chi connectivity index (χ3v) is 4.17. The molecule has 3 N–H and O–H groups in total. The van der Waals surface area contributed by atoms with Crippen LogP contribution in [0.25, 0.3) is 0 Å². The highest BCUT2D eigenvalue weighted by molar-refractivity contribution is 6.31. The second-order valence-corrected chi connectivity index (χ2v) is 6.56. The van der Waals surface area contributed by atoms with Crippen LogP contribution in [0.3, 0.4) is 0 Å². The van der Waals surface area contributed by atoms with Crippen molar-refractivity contribution in [3.63, 3.8) is 0 Å². The molecule has 0 spiro atoms. The number of benzene rings is 2. The van der Waals surface area contributed by atoms with E-state index in [4.69, 9.17) is 11.6 Å². The van der Waals surface area contributed by atoms with Crippen LogP contribution in [-0.4, -0.2) is 12.5 Å². The SMILES string of the molecule is Cc1ccc(Cl)cc1NC(=O)C[NH2+][C@@H](c1ccccc1)C(C)C. The van der Waals surface area contributed by atoms with Gasteiger partial charge >= 0.3 is 0 Å². The molecule has 4 heteroatoms. The van der Waals surface area contributed by atoms with Crippen molar-refractivity contribution in [1.29, 1.82) is 0 Å². The maximum atomic E-state index is 12.2. The average Bonchev–Trinajstić information content (AvgIpc) is 2.52. The summed E-state index contributed by atoms with van der Waals surface area (Å²) < 4.78 is 0. The van der Waals surface area contributed by atoms with Crippen molar-refractivity contribution in [3.05, 3.63) is 64.7 Å². The van der Waals surface area contributed by atoms with Crippen molar-refractivity contribution in [2.75, 3.05) is 11.9 Å². The van der Waals surface area contributed by atoms with Gasteiger partial charge in [-0.15, -0.1) is 0 Å². The fraction of sp³-hybridized carbons (Fsp3) is 0.316. The van der Waals surface area contributed by atoms with Crippen LogP contribution < -0.4 is 10.6 Å². The molecule has 0 saturated heterocycles. The first-order valence-electron chi connectivity index (χ1n) is 7.91. The fourth-order valence-electron chi connectivity index (χ4n) is 2.63. The maximum absolute atomic E-state index is 12.2. The number of halogens is 1. The second kappa shape index (κ2) is 8.14. The molecule has 0 aliphatic heterocycles. The molecule has 2 aromatic carbocycles. The van der Waals surface area contributed by atoms with E-state index in [0.29, 0.717) is 17.5 Å². The Kier molecular flexibility index (Phi) is 6.20. The lowest BCUT2D eigenvalue weighted by atomic mass is 9.96. The van der Waals surface area contributed by atoms with Crippen LogP contribution in [0.2, 0.25) is 5.02 Å². The lowest BCUT2D eigenvalue weighted by molar-refractivity contribution is -0.692. The molecule has 0 aromatic heterocycles. The molecule has 2 aromatic rings.